The SMILES string of the molecule is CCc1ccccc1NCC(O)c1cccc(N)c1. The van der Waals surface area contributed by atoms with Crippen LogP contribution in [0.4, 0.5) is 11.4 Å². The van der Waals surface area contributed by atoms with E-state index in [1.807, 2.05) is 36.4 Å². The van der Waals surface area contributed by atoms with Crippen LogP contribution in [0.15, 0.2) is 48.5 Å². The molecular weight excluding hydrogens is 236 g/mol. The number of rotatable bonds is 5. The Kier molecular flexibility index (Phi) is 4.42. The van der Waals surface area contributed by atoms with E-state index in [4.69, 9.17) is 5.73 Å². The number of anilines is 2. The quantitative estimate of drug-likeness (QED) is 0.721. The molecule has 0 aliphatic rings. The largest absolute Gasteiger partial charge is 0.399 e. The molecule has 3 nitrogen and oxygen atoms in total. The molecule has 100 valence electrons. The smallest absolute Gasteiger partial charge is 0.0963 e. The summed E-state index contributed by atoms with van der Waals surface area (Å²) >= 11 is 0. The minimum absolute atomic E-state index is 0.473. The van der Waals surface area contributed by atoms with Gasteiger partial charge in [0.05, 0.1) is 6.10 Å². The predicted molar refractivity (Wildman–Crippen MR) is 80.1 cm³/mol. The number of aliphatic hydroxyl groups excluding tert-OH is 1. The van der Waals surface area contributed by atoms with Crippen molar-refractivity contribution >= 4 is 11.4 Å². The summed E-state index contributed by atoms with van der Waals surface area (Å²) in [6.07, 6.45) is 0.408. The molecule has 1 atom stereocenters. The van der Waals surface area contributed by atoms with Crippen molar-refractivity contribution in [1.29, 1.82) is 0 Å². The van der Waals surface area contributed by atoms with E-state index in [2.05, 4.69) is 18.3 Å². The molecule has 0 bridgehead atoms. The zero-order valence-electron chi connectivity index (χ0n) is 11.1. The summed E-state index contributed by atoms with van der Waals surface area (Å²) in [5, 5.41) is 13.4. The van der Waals surface area contributed by atoms with E-state index in [1.165, 1.54) is 5.56 Å². The summed E-state index contributed by atoms with van der Waals surface area (Å²) in [4.78, 5) is 0. The fourth-order valence-corrected chi connectivity index (χ4v) is 2.09. The predicted octanol–water partition coefficient (Wildman–Crippen LogP) is 2.98. The molecule has 0 aromatic heterocycles. The lowest BCUT2D eigenvalue weighted by atomic mass is 10.1. The van der Waals surface area contributed by atoms with Crippen molar-refractivity contribution in [2.45, 2.75) is 19.4 Å². The van der Waals surface area contributed by atoms with E-state index in [-0.39, 0.29) is 0 Å². The molecule has 2 aromatic rings. The summed E-state index contributed by atoms with van der Waals surface area (Å²) in [7, 11) is 0. The number of aryl methyl sites for hydroxylation is 1. The van der Waals surface area contributed by atoms with E-state index >= 15 is 0 Å². The van der Waals surface area contributed by atoms with E-state index < -0.39 is 6.10 Å². The highest BCUT2D eigenvalue weighted by atomic mass is 16.3. The first-order chi connectivity index (χ1) is 9.20. The third-order valence-electron chi connectivity index (χ3n) is 3.18. The molecule has 0 amide bonds. The van der Waals surface area contributed by atoms with Crippen LogP contribution in [0.3, 0.4) is 0 Å². The highest BCUT2D eigenvalue weighted by Crippen LogP contribution is 2.19. The van der Waals surface area contributed by atoms with Gasteiger partial charge in [-0.15, -0.1) is 0 Å². The van der Waals surface area contributed by atoms with Crippen molar-refractivity contribution < 1.29 is 5.11 Å². The molecule has 1 unspecified atom stereocenters. The van der Waals surface area contributed by atoms with E-state index in [1.54, 1.807) is 6.07 Å². The molecule has 0 heterocycles. The van der Waals surface area contributed by atoms with Gasteiger partial charge in [0.2, 0.25) is 0 Å². The Labute approximate surface area is 114 Å². The molecule has 0 spiro atoms. The minimum atomic E-state index is -0.562. The van der Waals surface area contributed by atoms with Crippen molar-refractivity contribution in [3.8, 4) is 0 Å². The first kappa shape index (κ1) is 13.4. The van der Waals surface area contributed by atoms with Crippen LogP contribution in [0.5, 0.6) is 0 Å². The topological polar surface area (TPSA) is 58.3 Å². The molecule has 0 saturated carbocycles. The maximum absolute atomic E-state index is 10.2. The third-order valence-corrected chi connectivity index (χ3v) is 3.18. The van der Waals surface area contributed by atoms with Crippen LogP contribution in [0.2, 0.25) is 0 Å². The zero-order valence-corrected chi connectivity index (χ0v) is 11.1. The summed E-state index contributed by atoms with van der Waals surface area (Å²) < 4.78 is 0. The summed E-state index contributed by atoms with van der Waals surface area (Å²) in [6.45, 7) is 2.59. The fraction of sp³-hybridized carbons (Fsp3) is 0.250. The molecule has 4 N–H and O–H groups in total. The lowest BCUT2D eigenvalue weighted by molar-refractivity contribution is 0.191. The normalized spacial score (nSPS) is 12.1. The molecule has 0 saturated heterocycles. The highest BCUT2D eigenvalue weighted by molar-refractivity contribution is 5.51. The Morgan fingerprint density at radius 2 is 1.95 bits per heavy atom. The number of nitrogen functional groups attached to an aromatic ring is 1. The standard InChI is InChI=1S/C16H20N2O/c1-2-12-6-3-4-9-15(12)18-11-16(19)13-7-5-8-14(17)10-13/h3-10,16,18-19H,2,11,17H2,1H3. The van der Waals surface area contributed by atoms with Crippen molar-refractivity contribution in [3.63, 3.8) is 0 Å². The lowest BCUT2D eigenvalue weighted by Crippen LogP contribution is -2.13. The number of nitrogens with one attached hydrogen (secondary N) is 1. The van der Waals surface area contributed by atoms with Crippen LogP contribution in [0, 0.1) is 0 Å². The average molecular weight is 256 g/mol. The second-order valence-corrected chi connectivity index (χ2v) is 4.58. The molecule has 0 aliphatic carbocycles. The van der Waals surface area contributed by atoms with Crippen LogP contribution in [0.25, 0.3) is 0 Å². The van der Waals surface area contributed by atoms with Gasteiger partial charge in [0.25, 0.3) is 0 Å². The van der Waals surface area contributed by atoms with Crippen LogP contribution in [-0.4, -0.2) is 11.7 Å². The van der Waals surface area contributed by atoms with Crippen LogP contribution >= 0.6 is 0 Å². The van der Waals surface area contributed by atoms with Crippen LogP contribution in [-0.2, 0) is 6.42 Å². The monoisotopic (exact) mass is 256 g/mol. The van der Waals surface area contributed by atoms with E-state index in [9.17, 15) is 5.11 Å². The maximum Gasteiger partial charge on any atom is 0.0963 e. The Balaban J connectivity index is 2.02. The summed E-state index contributed by atoms with van der Waals surface area (Å²) in [5.41, 5.74) is 9.55. The Morgan fingerprint density at radius 3 is 2.68 bits per heavy atom. The van der Waals surface area contributed by atoms with Gasteiger partial charge in [-0.2, -0.15) is 0 Å². The molecule has 19 heavy (non-hydrogen) atoms. The molecule has 0 fully saturated rings. The summed E-state index contributed by atoms with van der Waals surface area (Å²) in [6, 6.07) is 15.5. The van der Waals surface area contributed by atoms with Gasteiger partial charge in [-0.1, -0.05) is 37.3 Å². The average Bonchev–Trinajstić information content (AvgIpc) is 2.45. The van der Waals surface area contributed by atoms with Crippen LogP contribution in [0.1, 0.15) is 24.2 Å². The Bertz CT molecular complexity index is 540. The van der Waals surface area contributed by atoms with Gasteiger partial charge in [0, 0.05) is 17.9 Å². The number of hydrogen-bond donors (Lipinski definition) is 3. The second kappa shape index (κ2) is 6.25. The molecule has 2 aromatic carbocycles. The van der Waals surface area contributed by atoms with Crippen molar-refractivity contribution in [1.82, 2.24) is 0 Å². The molecule has 0 aliphatic heterocycles. The maximum atomic E-state index is 10.2. The number of nitrogens with two attached hydrogens (primary N) is 1. The number of hydrogen-bond acceptors (Lipinski definition) is 3. The first-order valence-corrected chi connectivity index (χ1v) is 6.56. The van der Waals surface area contributed by atoms with Crippen molar-refractivity contribution in [2.75, 3.05) is 17.6 Å². The van der Waals surface area contributed by atoms with Crippen molar-refractivity contribution in [2.24, 2.45) is 0 Å². The van der Waals surface area contributed by atoms with Gasteiger partial charge < -0.3 is 16.2 Å². The van der Waals surface area contributed by atoms with Gasteiger partial charge >= 0.3 is 0 Å². The molecular formula is C16H20N2O. The fourth-order valence-electron chi connectivity index (χ4n) is 2.09. The first-order valence-electron chi connectivity index (χ1n) is 6.56. The number of para-hydroxylation sites is 1. The summed E-state index contributed by atoms with van der Waals surface area (Å²) in [5.74, 6) is 0. The van der Waals surface area contributed by atoms with E-state index in [0.29, 0.717) is 12.2 Å². The van der Waals surface area contributed by atoms with Gasteiger partial charge in [0.15, 0.2) is 0 Å². The molecule has 3 heteroatoms. The number of aliphatic hydroxyl groups is 1. The van der Waals surface area contributed by atoms with E-state index in [0.717, 1.165) is 17.7 Å². The van der Waals surface area contributed by atoms with Crippen molar-refractivity contribution in [3.05, 3.63) is 59.7 Å². The zero-order chi connectivity index (χ0) is 13.7. The van der Waals surface area contributed by atoms with Gasteiger partial charge in [-0.3, -0.25) is 0 Å². The third kappa shape index (κ3) is 3.48. The molecule has 0 radical (unpaired) electrons. The molecule has 2 rings (SSSR count). The Morgan fingerprint density at radius 1 is 1.16 bits per heavy atom. The highest BCUT2D eigenvalue weighted by Gasteiger charge is 2.08. The van der Waals surface area contributed by atoms with Gasteiger partial charge in [-0.25, -0.2) is 0 Å². The second-order valence-electron chi connectivity index (χ2n) is 4.58. The minimum Gasteiger partial charge on any atom is -0.399 e. The van der Waals surface area contributed by atoms with Crippen LogP contribution < -0.4 is 11.1 Å². The van der Waals surface area contributed by atoms with Gasteiger partial charge in [0.1, 0.15) is 0 Å². The van der Waals surface area contributed by atoms with Gasteiger partial charge in [-0.05, 0) is 35.7 Å². The Hall–Kier alpha value is -2.00. The lowest BCUT2D eigenvalue weighted by Gasteiger charge is -2.15. The number of benzene rings is 2.